The number of nitrogens with one attached hydrogen (secondary N) is 3. The van der Waals surface area contributed by atoms with Crippen LogP contribution in [0.1, 0.15) is 23.4 Å². The van der Waals surface area contributed by atoms with Crippen molar-refractivity contribution in [2.75, 3.05) is 16.8 Å². The summed E-state index contributed by atoms with van der Waals surface area (Å²) < 4.78 is 40.2. The third-order valence-corrected chi connectivity index (χ3v) is 5.23. The lowest BCUT2D eigenvalue weighted by Gasteiger charge is -2.18. The first-order valence-corrected chi connectivity index (χ1v) is 10.2. The van der Waals surface area contributed by atoms with Crippen LogP contribution < -0.4 is 15.5 Å². The second-order valence-electron chi connectivity index (χ2n) is 7.81. The summed E-state index contributed by atoms with van der Waals surface area (Å²) in [6, 6.07) is 8.92. The SMILES string of the molecule is Cc1ccc(N2CCC(NC(=O)Nc3cc(-c4n[nH]c(C)n4)cc(C(F)(F)F)c3)C2=O)cc1. The molecule has 1 saturated heterocycles. The lowest BCUT2D eigenvalue weighted by molar-refractivity contribution is -0.137. The Morgan fingerprint density at radius 3 is 2.52 bits per heavy atom. The molecule has 0 saturated carbocycles. The van der Waals surface area contributed by atoms with E-state index < -0.39 is 23.8 Å². The number of urea groups is 1. The Labute approximate surface area is 187 Å². The van der Waals surface area contributed by atoms with Crippen LogP contribution in [0.2, 0.25) is 0 Å². The molecule has 33 heavy (non-hydrogen) atoms. The molecule has 1 fully saturated rings. The standard InChI is InChI=1S/C22H21F3N6O2/c1-12-3-5-17(6-4-12)31-8-7-18(20(31)32)28-21(33)27-16-10-14(19-26-13(2)29-30-19)9-15(11-16)22(23,24)25/h3-6,9-11,18H,7-8H2,1-2H3,(H,26,29,30)(H2,27,28,33). The van der Waals surface area contributed by atoms with Gasteiger partial charge >= 0.3 is 12.2 Å². The Morgan fingerprint density at radius 1 is 1.15 bits per heavy atom. The number of aryl methyl sites for hydroxylation is 2. The highest BCUT2D eigenvalue weighted by Crippen LogP contribution is 2.34. The first-order valence-electron chi connectivity index (χ1n) is 10.2. The number of amides is 3. The number of aromatic nitrogens is 3. The molecule has 0 bridgehead atoms. The lowest BCUT2D eigenvalue weighted by Crippen LogP contribution is -2.43. The summed E-state index contributed by atoms with van der Waals surface area (Å²) in [7, 11) is 0. The van der Waals surface area contributed by atoms with E-state index in [1.165, 1.54) is 6.07 Å². The highest BCUT2D eigenvalue weighted by atomic mass is 19.4. The van der Waals surface area contributed by atoms with Crippen LogP contribution in [0.4, 0.5) is 29.3 Å². The fraction of sp³-hybridized carbons (Fsp3) is 0.273. The van der Waals surface area contributed by atoms with Gasteiger partial charge in [-0.05, 0) is 50.6 Å². The van der Waals surface area contributed by atoms with E-state index >= 15 is 0 Å². The maximum atomic E-state index is 13.4. The first-order chi connectivity index (χ1) is 15.6. The second-order valence-corrected chi connectivity index (χ2v) is 7.81. The molecule has 0 aliphatic carbocycles. The number of benzene rings is 2. The predicted molar refractivity (Wildman–Crippen MR) is 116 cm³/mol. The van der Waals surface area contributed by atoms with Crippen LogP contribution in [-0.2, 0) is 11.0 Å². The number of aromatic amines is 1. The van der Waals surface area contributed by atoms with Crippen molar-refractivity contribution in [2.24, 2.45) is 0 Å². The van der Waals surface area contributed by atoms with E-state index in [0.29, 0.717) is 18.8 Å². The van der Waals surface area contributed by atoms with Crippen molar-refractivity contribution in [3.05, 3.63) is 59.4 Å². The van der Waals surface area contributed by atoms with E-state index in [4.69, 9.17) is 0 Å². The first kappa shape index (κ1) is 22.3. The molecule has 1 unspecified atom stereocenters. The molecule has 8 nitrogen and oxygen atoms in total. The van der Waals surface area contributed by atoms with Gasteiger partial charge in [0.15, 0.2) is 5.82 Å². The summed E-state index contributed by atoms with van der Waals surface area (Å²) in [5, 5.41) is 11.4. The van der Waals surface area contributed by atoms with Gasteiger partial charge in [0.2, 0.25) is 5.91 Å². The monoisotopic (exact) mass is 458 g/mol. The number of carbonyl (C=O) groups is 2. The summed E-state index contributed by atoms with van der Waals surface area (Å²) in [5.74, 6) is 0.226. The topological polar surface area (TPSA) is 103 Å². The minimum absolute atomic E-state index is 0.0711. The maximum Gasteiger partial charge on any atom is 0.416 e. The third-order valence-electron chi connectivity index (χ3n) is 5.23. The number of hydrogen-bond acceptors (Lipinski definition) is 4. The Hall–Kier alpha value is -3.89. The summed E-state index contributed by atoms with van der Waals surface area (Å²) in [4.78, 5) is 30.8. The van der Waals surface area contributed by atoms with E-state index in [2.05, 4.69) is 25.8 Å². The lowest BCUT2D eigenvalue weighted by atomic mass is 10.1. The van der Waals surface area contributed by atoms with Crippen molar-refractivity contribution >= 4 is 23.3 Å². The molecule has 1 atom stereocenters. The zero-order chi connectivity index (χ0) is 23.8. The highest BCUT2D eigenvalue weighted by Gasteiger charge is 2.34. The van der Waals surface area contributed by atoms with Gasteiger partial charge in [-0.1, -0.05) is 17.7 Å². The van der Waals surface area contributed by atoms with Crippen molar-refractivity contribution in [1.82, 2.24) is 20.5 Å². The summed E-state index contributed by atoms with van der Waals surface area (Å²) >= 11 is 0. The summed E-state index contributed by atoms with van der Waals surface area (Å²) in [5.41, 5.74) is 0.813. The average molecular weight is 458 g/mol. The third kappa shape index (κ3) is 4.97. The minimum atomic E-state index is -4.63. The van der Waals surface area contributed by atoms with Crippen LogP contribution in [0.5, 0.6) is 0 Å². The highest BCUT2D eigenvalue weighted by molar-refractivity contribution is 6.02. The van der Waals surface area contributed by atoms with Gasteiger partial charge in [0.1, 0.15) is 11.9 Å². The van der Waals surface area contributed by atoms with E-state index in [1.807, 2.05) is 31.2 Å². The smallest absolute Gasteiger partial charge is 0.326 e. The molecule has 4 rings (SSSR count). The zero-order valence-corrected chi connectivity index (χ0v) is 17.8. The Kier molecular flexibility index (Phi) is 5.79. The van der Waals surface area contributed by atoms with Crippen LogP contribution in [-0.4, -0.2) is 39.7 Å². The van der Waals surface area contributed by atoms with Gasteiger partial charge in [0.25, 0.3) is 0 Å². The van der Waals surface area contributed by atoms with Gasteiger partial charge in [-0.25, -0.2) is 9.78 Å². The van der Waals surface area contributed by atoms with Crippen LogP contribution in [0, 0.1) is 13.8 Å². The molecule has 2 aromatic carbocycles. The van der Waals surface area contributed by atoms with E-state index in [9.17, 15) is 22.8 Å². The Bertz CT molecular complexity index is 1190. The number of alkyl halides is 3. The molecular weight excluding hydrogens is 437 g/mol. The summed E-state index contributed by atoms with van der Waals surface area (Å²) in [6.45, 7) is 3.98. The van der Waals surface area contributed by atoms with Gasteiger partial charge in [-0.15, -0.1) is 0 Å². The number of anilines is 2. The van der Waals surface area contributed by atoms with E-state index in [1.54, 1.807) is 11.8 Å². The van der Waals surface area contributed by atoms with Gasteiger partial charge in [-0.3, -0.25) is 9.89 Å². The van der Waals surface area contributed by atoms with Crippen LogP contribution in [0.3, 0.4) is 0 Å². The van der Waals surface area contributed by atoms with Crippen LogP contribution in [0.15, 0.2) is 42.5 Å². The van der Waals surface area contributed by atoms with Crippen molar-refractivity contribution in [3.8, 4) is 11.4 Å². The molecule has 172 valence electrons. The number of hydrogen-bond donors (Lipinski definition) is 3. The van der Waals surface area contributed by atoms with Crippen molar-refractivity contribution in [3.63, 3.8) is 0 Å². The Morgan fingerprint density at radius 2 is 1.88 bits per heavy atom. The fourth-order valence-corrected chi connectivity index (χ4v) is 3.58. The van der Waals surface area contributed by atoms with Gasteiger partial charge in [0.05, 0.1) is 5.56 Å². The molecule has 3 amide bonds. The molecule has 2 heterocycles. The molecule has 1 aliphatic rings. The van der Waals surface area contributed by atoms with Crippen molar-refractivity contribution in [1.29, 1.82) is 0 Å². The average Bonchev–Trinajstić information content (AvgIpc) is 3.34. The normalized spacial score (nSPS) is 16.2. The summed E-state index contributed by atoms with van der Waals surface area (Å²) in [6.07, 6.45) is -4.26. The van der Waals surface area contributed by atoms with Crippen LogP contribution in [0.25, 0.3) is 11.4 Å². The number of nitrogens with zero attached hydrogens (tertiary/aromatic N) is 3. The molecule has 3 aromatic rings. The predicted octanol–water partition coefficient (Wildman–Crippen LogP) is 4.03. The molecule has 0 spiro atoms. The number of rotatable bonds is 4. The van der Waals surface area contributed by atoms with E-state index in [-0.39, 0.29) is 23.0 Å². The van der Waals surface area contributed by atoms with Gasteiger partial charge in [-0.2, -0.15) is 18.3 Å². The molecular formula is C22H21F3N6O2. The van der Waals surface area contributed by atoms with Gasteiger partial charge in [0, 0.05) is 23.5 Å². The second kappa shape index (κ2) is 8.57. The largest absolute Gasteiger partial charge is 0.416 e. The number of halogens is 3. The molecule has 0 radical (unpaired) electrons. The van der Waals surface area contributed by atoms with Gasteiger partial charge < -0.3 is 15.5 Å². The van der Waals surface area contributed by atoms with Crippen molar-refractivity contribution < 1.29 is 22.8 Å². The number of carbonyl (C=O) groups excluding carboxylic acids is 2. The van der Waals surface area contributed by atoms with E-state index in [0.717, 1.165) is 23.4 Å². The molecule has 1 aliphatic heterocycles. The van der Waals surface area contributed by atoms with Crippen LogP contribution >= 0.6 is 0 Å². The fourth-order valence-electron chi connectivity index (χ4n) is 3.58. The maximum absolute atomic E-state index is 13.4. The Balaban J connectivity index is 1.49. The molecule has 3 N–H and O–H groups in total. The molecule has 11 heteroatoms. The zero-order valence-electron chi connectivity index (χ0n) is 17.8. The minimum Gasteiger partial charge on any atom is -0.326 e. The quantitative estimate of drug-likeness (QED) is 0.549. The number of H-pyrrole nitrogens is 1. The van der Waals surface area contributed by atoms with Crippen molar-refractivity contribution in [2.45, 2.75) is 32.5 Å². The molecule has 1 aromatic heterocycles.